The number of hydrogen-bond donors (Lipinski definition) is 1. The molecule has 27 heavy (non-hydrogen) atoms. The summed E-state index contributed by atoms with van der Waals surface area (Å²) in [6.07, 6.45) is -0.668. The van der Waals surface area contributed by atoms with Crippen LogP contribution in [0.1, 0.15) is 36.2 Å². The zero-order valence-corrected chi connectivity index (χ0v) is 16.5. The molecule has 0 radical (unpaired) electrons. The number of ketones is 1. The summed E-state index contributed by atoms with van der Waals surface area (Å²) in [5.41, 5.74) is 2.30. The second-order valence-electron chi connectivity index (χ2n) is 6.17. The number of nitrogens with one attached hydrogen (secondary N) is 1. The van der Waals surface area contributed by atoms with Crippen LogP contribution in [0.15, 0.2) is 53.4 Å². The van der Waals surface area contributed by atoms with Gasteiger partial charge in [0.15, 0.2) is 11.9 Å². The molecule has 0 aromatic heterocycles. The van der Waals surface area contributed by atoms with Crippen LogP contribution >= 0.6 is 11.8 Å². The summed E-state index contributed by atoms with van der Waals surface area (Å²) in [5.74, 6) is -0.282. The molecule has 0 aliphatic heterocycles. The molecule has 0 unspecified atom stereocenters. The van der Waals surface area contributed by atoms with Crippen LogP contribution in [-0.4, -0.2) is 29.5 Å². The Hall–Kier alpha value is -2.60. The van der Waals surface area contributed by atoms with Gasteiger partial charge in [0.1, 0.15) is 0 Å². The minimum Gasteiger partial charge on any atom is -0.453 e. The summed E-state index contributed by atoms with van der Waals surface area (Å²) in [5, 5.41) is 2.67. The number of esters is 1. The molecule has 0 bridgehead atoms. The van der Waals surface area contributed by atoms with Crippen LogP contribution < -0.4 is 5.32 Å². The SMILES string of the molecule is CC(=O)c1ccc(NC(=O)[C@@H](C)OC(=O)CCSc2ccc(C)cc2)cc1. The average Bonchev–Trinajstić information content (AvgIpc) is 2.63. The summed E-state index contributed by atoms with van der Waals surface area (Å²) in [7, 11) is 0. The van der Waals surface area contributed by atoms with Crippen LogP contribution in [-0.2, 0) is 14.3 Å². The van der Waals surface area contributed by atoms with Gasteiger partial charge in [-0.05, 0) is 57.2 Å². The molecule has 6 heteroatoms. The standard InChI is InChI=1S/C21H23NO4S/c1-14-4-10-19(11-5-14)27-13-12-20(24)26-16(3)21(25)22-18-8-6-17(7-9-18)15(2)23/h4-11,16H,12-13H2,1-3H3,(H,22,25)/t16-/m1/s1. The van der Waals surface area contributed by atoms with Crippen molar-refractivity contribution in [2.24, 2.45) is 0 Å². The Morgan fingerprint density at radius 1 is 1.04 bits per heavy atom. The highest BCUT2D eigenvalue weighted by Gasteiger charge is 2.18. The van der Waals surface area contributed by atoms with E-state index in [1.807, 2.05) is 31.2 Å². The van der Waals surface area contributed by atoms with Gasteiger partial charge in [-0.15, -0.1) is 11.8 Å². The predicted octanol–water partition coefficient (Wildman–Crippen LogP) is 4.25. The van der Waals surface area contributed by atoms with Crippen molar-refractivity contribution in [3.63, 3.8) is 0 Å². The van der Waals surface area contributed by atoms with Crippen LogP contribution in [0, 0.1) is 6.92 Å². The van der Waals surface area contributed by atoms with Gasteiger partial charge in [-0.25, -0.2) is 0 Å². The van der Waals surface area contributed by atoms with Gasteiger partial charge in [-0.3, -0.25) is 14.4 Å². The lowest BCUT2D eigenvalue weighted by Gasteiger charge is -2.13. The number of anilines is 1. The highest BCUT2D eigenvalue weighted by atomic mass is 32.2. The third kappa shape index (κ3) is 6.90. The Bertz CT molecular complexity index is 800. The molecule has 2 rings (SSSR count). The molecular weight excluding hydrogens is 362 g/mol. The van der Waals surface area contributed by atoms with E-state index in [0.717, 1.165) is 4.90 Å². The number of ether oxygens (including phenoxy) is 1. The van der Waals surface area contributed by atoms with Crippen molar-refractivity contribution in [3.8, 4) is 0 Å². The van der Waals surface area contributed by atoms with Crippen LogP contribution in [0.25, 0.3) is 0 Å². The van der Waals surface area contributed by atoms with E-state index in [1.54, 1.807) is 36.0 Å². The Labute approximate surface area is 163 Å². The lowest BCUT2D eigenvalue weighted by Crippen LogP contribution is -2.30. The smallest absolute Gasteiger partial charge is 0.307 e. The van der Waals surface area contributed by atoms with E-state index in [-0.39, 0.29) is 12.2 Å². The number of hydrogen-bond acceptors (Lipinski definition) is 5. The van der Waals surface area contributed by atoms with Crippen molar-refractivity contribution in [1.29, 1.82) is 0 Å². The first-order valence-electron chi connectivity index (χ1n) is 8.66. The summed E-state index contributed by atoms with van der Waals surface area (Å²) in [6, 6.07) is 14.6. The van der Waals surface area contributed by atoms with E-state index in [0.29, 0.717) is 17.0 Å². The minimum atomic E-state index is -0.894. The molecule has 1 atom stereocenters. The maximum absolute atomic E-state index is 12.1. The predicted molar refractivity (Wildman–Crippen MR) is 107 cm³/mol. The maximum Gasteiger partial charge on any atom is 0.307 e. The Morgan fingerprint density at radius 3 is 2.26 bits per heavy atom. The van der Waals surface area contributed by atoms with E-state index in [1.165, 1.54) is 19.4 Å². The third-order valence-corrected chi connectivity index (χ3v) is 4.85. The molecule has 1 amide bonds. The van der Waals surface area contributed by atoms with Gasteiger partial charge in [0.05, 0.1) is 6.42 Å². The molecule has 5 nitrogen and oxygen atoms in total. The monoisotopic (exact) mass is 385 g/mol. The molecule has 0 saturated carbocycles. The van der Waals surface area contributed by atoms with Crippen molar-refractivity contribution < 1.29 is 19.1 Å². The Morgan fingerprint density at radius 2 is 1.67 bits per heavy atom. The molecular formula is C21H23NO4S. The third-order valence-electron chi connectivity index (χ3n) is 3.83. The van der Waals surface area contributed by atoms with Gasteiger partial charge >= 0.3 is 5.97 Å². The average molecular weight is 385 g/mol. The van der Waals surface area contributed by atoms with Crippen LogP contribution in [0.3, 0.4) is 0 Å². The van der Waals surface area contributed by atoms with Crippen LogP contribution in [0.4, 0.5) is 5.69 Å². The maximum atomic E-state index is 12.1. The van der Waals surface area contributed by atoms with Gasteiger partial charge in [-0.1, -0.05) is 17.7 Å². The Balaban J connectivity index is 1.75. The molecule has 2 aromatic rings. The molecule has 142 valence electrons. The fourth-order valence-electron chi connectivity index (χ4n) is 2.23. The number of Topliss-reactive ketones (excluding diaryl/α,β-unsaturated/α-hetero) is 1. The second kappa shape index (κ2) is 9.92. The van der Waals surface area contributed by atoms with Crippen molar-refractivity contribution in [3.05, 3.63) is 59.7 Å². The first-order valence-corrected chi connectivity index (χ1v) is 9.64. The molecule has 1 N–H and O–H groups in total. The van der Waals surface area contributed by atoms with E-state index >= 15 is 0 Å². The van der Waals surface area contributed by atoms with Crippen LogP contribution in [0.2, 0.25) is 0 Å². The second-order valence-corrected chi connectivity index (χ2v) is 7.33. The fourth-order valence-corrected chi connectivity index (χ4v) is 3.06. The molecule has 0 heterocycles. The van der Waals surface area contributed by atoms with Crippen LogP contribution in [0.5, 0.6) is 0 Å². The highest BCUT2D eigenvalue weighted by Crippen LogP contribution is 2.19. The van der Waals surface area contributed by atoms with Gasteiger partial charge in [0.2, 0.25) is 0 Å². The summed E-state index contributed by atoms with van der Waals surface area (Å²) in [4.78, 5) is 36.4. The van der Waals surface area contributed by atoms with E-state index < -0.39 is 18.0 Å². The molecule has 0 aliphatic rings. The molecule has 2 aromatic carbocycles. The minimum absolute atomic E-state index is 0.0429. The zero-order chi connectivity index (χ0) is 19.8. The van der Waals surface area contributed by atoms with Crippen molar-refractivity contribution in [2.75, 3.05) is 11.1 Å². The number of carbonyl (C=O) groups is 3. The number of rotatable bonds is 8. The molecule has 0 fully saturated rings. The summed E-state index contributed by atoms with van der Waals surface area (Å²) >= 11 is 1.57. The van der Waals surface area contributed by atoms with Gasteiger partial charge in [0, 0.05) is 21.9 Å². The topological polar surface area (TPSA) is 72.5 Å². The normalized spacial score (nSPS) is 11.5. The van der Waals surface area contributed by atoms with Crippen molar-refractivity contribution in [1.82, 2.24) is 0 Å². The number of aryl methyl sites for hydroxylation is 1. The molecule has 0 spiro atoms. The number of amides is 1. The largest absolute Gasteiger partial charge is 0.453 e. The molecule has 0 aliphatic carbocycles. The lowest BCUT2D eigenvalue weighted by molar-refractivity contribution is -0.152. The quantitative estimate of drug-likeness (QED) is 0.418. The van der Waals surface area contributed by atoms with Gasteiger partial charge in [-0.2, -0.15) is 0 Å². The number of benzene rings is 2. The van der Waals surface area contributed by atoms with Gasteiger partial charge < -0.3 is 10.1 Å². The Kier molecular flexibility index (Phi) is 7.61. The van der Waals surface area contributed by atoms with E-state index in [2.05, 4.69) is 5.32 Å². The van der Waals surface area contributed by atoms with Crippen molar-refractivity contribution in [2.45, 2.75) is 38.2 Å². The van der Waals surface area contributed by atoms with Crippen molar-refractivity contribution >= 4 is 35.1 Å². The lowest BCUT2D eigenvalue weighted by atomic mass is 10.1. The fraction of sp³-hybridized carbons (Fsp3) is 0.286. The number of carbonyl (C=O) groups excluding carboxylic acids is 3. The molecule has 0 saturated heterocycles. The first kappa shape index (κ1) is 20.7. The van der Waals surface area contributed by atoms with E-state index in [9.17, 15) is 14.4 Å². The van der Waals surface area contributed by atoms with Gasteiger partial charge in [0.25, 0.3) is 5.91 Å². The summed E-state index contributed by atoms with van der Waals surface area (Å²) in [6.45, 7) is 5.03. The number of thioether (sulfide) groups is 1. The highest BCUT2D eigenvalue weighted by molar-refractivity contribution is 7.99. The summed E-state index contributed by atoms with van der Waals surface area (Å²) < 4.78 is 5.18. The zero-order valence-electron chi connectivity index (χ0n) is 15.7. The first-order chi connectivity index (χ1) is 12.8. The van der Waals surface area contributed by atoms with E-state index in [4.69, 9.17) is 4.74 Å².